The van der Waals surface area contributed by atoms with Crippen LogP contribution in [0.3, 0.4) is 0 Å². The summed E-state index contributed by atoms with van der Waals surface area (Å²) in [5.41, 5.74) is 1.58. The van der Waals surface area contributed by atoms with Crippen molar-refractivity contribution < 1.29 is 13.2 Å². The van der Waals surface area contributed by atoms with Crippen molar-refractivity contribution in [1.82, 2.24) is 9.88 Å². The van der Waals surface area contributed by atoms with E-state index in [1.807, 2.05) is 29.6 Å². The zero-order valence-electron chi connectivity index (χ0n) is 13.7. The molecule has 0 atom stereocenters. The fourth-order valence-corrected chi connectivity index (χ4v) is 4.37. The molecule has 0 saturated heterocycles. The van der Waals surface area contributed by atoms with Crippen LogP contribution in [-0.2, 0) is 17.1 Å². The highest BCUT2D eigenvalue weighted by molar-refractivity contribution is 7.92. The Morgan fingerprint density at radius 2 is 1.92 bits per heavy atom. The summed E-state index contributed by atoms with van der Waals surface area (Å²) in [5.74, 6) is -0.345. The number of thiophene rings is 1. The van der Waals surface area contributed by atoms with E-state index in [1.54, 1.807) is 19.2 Å². The van der Waals surface area contributed by atoms with E-state index in [1.165, 1.54) is 35.2 Å². The molecule has 8 heteroatoms. The Balaban J connectivity index is 1.97. The van der Waals surface area contributed by atoms with Gasteiger partial charge < -0.3 is 9.88 Å². The highest BCUT2D eigenvalue weighted by Crippen LogP contribution is 2.32. The lowest BCUT2D eigenvalue weighted by atomic mass is 10.1. The summed E-state index contributed by atoms with van der Waals surface area (Å²) in [6.45, 7) is 0. The maximum absolute atomic E-state index is 12.7. The van der Waals surface area contributed by atoms with Crippen LogP contribution in [0.2, 0.25) is 0 Å². The molecule has 0 aliphatic carbocycles. The smallest absolute Gasteiger partial charge is 0.267 e. The van der Waals surface area contributed by atoms with E-state index in [2.05, 4.69) is 10.0 Å². The largest absolute Gasteiger partial charge is 0.354 e. The van der Waals surface area contributed by atoms with E-state index in [0.29, 0.717) is 5.69 Å². The highest BCUT2D eigenvalue weighted by Gasteiger charge is 2.21. The van der Waals surface area contributed by atoms with Crippen molar-refractivity contribution in [3.63, 3.8) is 0 Å². The third-order valence-corrected chi connectivity index (χ3v) is 5.94. The maximum Gasteiger partial charge on any atom is 0.267 e. The van der Waals surface area contributed by atoms with E-state index in [4.69, 9.17) is 0 Å². The van der Waals surface area contributed by atoms with Crippen LogP contribution in [0.15, 0.2) is 58.9 Å². The van der Waals surface area contributed by atoms with E-state index < -0.39 is 10.0 Å². The predicted octanol–water partition coefficient (Wildman–Crippen LogP) is 2.91. The van der Waals surface area contributed by atoms with Crippen LogP contribution >= 0.6 is 11.3 Å². The van der Waals surface area contributed by atoms with Gasteiger partial charge in [0.25, 0.3) is 15.9 Å². The molecule has 0 unspecified atom stereocenters. The fourth-order valence-electron chi connectivity index (χ4n) is 2.46. The number of amides is 1. The van der Waals surface area contributed by atoms with Gasteiger partial charge in [-0.25, -0.2) is 8.42 Å². The Kier molecular flexibility index (Phi) is 4.65. The molecule has 1 aromatic carbocycles. The summed E-state index contributed by atoms with van der Waals surface area (Å²) in [7, 11) is -0.689. The first-order chi connectivity index (χ1) is 11.9. The number of rotatable bonds is 5. The van der Waals surface area contributed by atoms with Gasteiger partial charge in [-0.15, -0.1) is 11.3 Å². The van der Waals surface area contributed by atoms with Crippen molar-refractivity contribution in [3.05, 3.63) is 59.7 Å². The van der Waals surface area contributed by atoms with Gasteiger partial charge in [-0.3, -0.25) is 9.52 Å². The number of aromatic nitrogens is 1. The predicted molar refractivity (Wildman–Crippen MR) is 99.4 cm³/mol. The molecule has 0 bridgehead atoms. The summed E-state index contributed by atoms with van der Waals surface area (Å²) < 4.78 is 29.6. The lowest BCUT2D eigenvalue weighted by molar-refractivity contribution is 0.0955. The summed E-state index contributed by atoms with van der Waals surface area (Å²) in [4.78, 5) is 12.8. The molecule has 130 valence electrons. The Hall–Kier alpha value is -2.58. The van der Waals surface area contributed by atoms with E-state index in [-0.39, 0.29) is 16.5 Å². The van der Waals surface area contributed by atoms with Crippen LogP contribution in [0.25, 0.3) is 10.4 Å². The molecule has 0 radical (unpaired) electrons. The van der Waals surface area contributed by atoms with Gasteiger partial charge in [-0.2, -0.15) is 0 Å². The van der Waals surface area contributed by atoms with Gasteiger partial charge in [0.15, 0.2) is 0 Å². The average molecular weight is 375 g/mol. The molecule has 0 spiro atoms. The molecule has 0 aliphatic heterocycles. The molecule has 0 aliphatic rings. The molecular formula is C17H17N3O3S2. The maximum atomic E-state index is 12.7. The van der Waals surface area contributed by atoms with Crippen LogP contribution in [0.4, 0.5) is 5.69 Å². The number of para-hydroxylation sites is 1. The average Bonchev–Trinajstić information content (AvgIpc) is 3.24. The van der Waals surface area contributed by atoms with Crippen molar-refractivity contribution in [3.8, 4) is 10.4 Å². The number of aryl methyl sites for hydroxylation is 1. The number of carbonyl (C=O) groups excluding carboxylic acids is 1. The number of hydrogen-bond acceptors (Lipinski definition) is 4. The van der Waals surface area contributed by atoms with Gasteiger partial charge in [0.2, 0.25) is 0 Å². The molecule has 2 heterocycles. The topological polar surface area (TPSA) is 80.2 Å². The number of carbonyl (C=O) groups is 1. The van der Waals surface area contributed by atoms with Gasteiger partial charge in [0, 0.05) is 30.7 Å². The van der Waals surface area contributed by atoms with E-state index >= 15 is 0 Å². The number of anilines is 1. The third kappa shape index (κ3) is 3.45. The number of hydrogen-bond donors (Lipinski definition) is 2. The summed E-state index contributed by atoms with van der Waals surface area (Å²) >= 11 is 1.53. The van der Waals surface area contributed by atoms with Crippen LogP contribution in [0.1, 0.15) is 10.5 Å². The number of nitrogens with one attached hydrogen (secondary N) is 2. The van der Waals surface area contributed by atoms with Crippen LogP contribution in [-0.4, -0.2) is 25.9 Å². The van der Waals surface area contributed by atoms with Gasteiger partial charge in [-0.05, 0) is 23.6 Å². The van der Waals surface area contributed by atoms with Crippen molar-refractivity contribution in [2.24, 2.45) is 7.05 Å². The zero-order chi connectivity index (χ0) is 18.0. The third-order valence-electron chi connectivity index (χ3n) is 3.71. The lowest BCUT2D eigenvalue weighted by Crippen LogP contribution is -2.20. The van der Waals surface area contributed by atoms with Crippen molar-refractivity contribution in [2.45, 2.75) is 4.90 Å². The Bertz CT molecular complexity index is 1010. The second-order valence-corrected chi connectivity index (χ2v) is 8.01. The number of benzene rings is 1. The van der Waals surface area contributed by atoms with Gasteiger partial charge in [-0.1, -0.05) is 24.3 Å². The fraction of sp³-hybridized carbons (Fsp3) is 0.118. The standard InChI is InChI=1S/C17H17N3O3S2/c1-18-17(21)15-10-12(11-20(15)2)25(22,23)19-14-7-4-3-6-13(14)16-8-5-9-24-16/h3-11,19H,1-2H3,(H,18,21). The van der Waals surface area contributed by atoms with Crippen LogP contribution < -0.4 is 10.0 Å². The Labute approximate surface area is 150 Å². The number of sulfonamides is 1. The minimum absolute atomic E-state index is 0.0367. The van der Waals surface area contributed by atoms with Crippen molar-refractivity contribution in [1.29, 1.82) is 0 Å². The molecule has 25 heavy (non-hydrogen) atoms. The Morgan fingerprint density at radius 1 is 1.16 bits per heavy atom. The van der Waals surface area contributed by atoms with Crippen molar-refractivity contribution in [2.75, 3.05) is 11.8 Å². The molecule has 2 N–H and O–H groups in total. The second-order valence-electron chi connectivity index (χ2n) is 5.38. The molecule has 0 fully saturated rings. The number of nitrogens with zero attached hydrogens (tertiary/aromatic N) is 1. The van der Waals surface area contributed by atoms with Crippen LogP contribution in [0, 0.1) is 0 Å². The molecule has 2 aromatic heterocycles. The molecule has 1 amide bonds. The first-order valence-electron chi connectivity index (χ1n) is 7.46. The van der Waals surface area contributed by atoms with Crippen LogP contribution in [0.5, 0.6) is 0 Å². The monoisotopic (exact) mass is 375 g/mol. The molecule has 3 rings (SSSR count). The molecule has 0 saturated carbocycles. The first kappa shape index (κ1) is 17.2. The molecule has 6 nitrogen and oxygen atoms in total. The van der Waals surface area contributed by atoms with Gasteiger partial charge in [0.1, 0.15) is 10.6 Å². The molecular weight excluding hydrogens is 358 g/mol. The summed E-state index contributed by atoms with van der Waals surface area (Å²) in [5, 5.41) is 4.43. The van der Waals surface area contributed by atoms with Crippen molar-refractivity contribution >= 4 is 33.0 Å². The van der Waals surface area contributed by atoms with Gasteiger partial charge in [0.05, 0.1) is 5.69 Å². The minimum atomic E-state index is -3.82. The van der Waals surface area contributed by atoms with E-state index in [9.17, 15) is 13.2 Å². The SMILES string of the molecule is CNC(=O)c1cc(S(=O)(=O)Nc2ccccc2-c2cccs2)cn1C. The normalized spacial score (nSPS) is 11.3. The summed E-state index contributed by atoms with van der Waals surface area (Å²) in [6, 6.07) is 12.4. The first-order valence-corrected chi connectivity index (χ1v) is 9.83. The quantitative estimate of drug-likeness (QED) is 0.719. The van der Waals surface area contributed by atoms with E-state index in [0.717, 1.165) is 10.4 Å². The lowest BCUT2D eigenvalue weighted by Gasteiger charge is -2.10. The van der Waals surface area contributed by atoms with Gasteiger partial charge >= 0.3 is 0 Å². The highest BCUT2D eigenvalue weighted by atomic mass is 32.2. The molecule has 3 aromatic rings. The second kappa shape index (κ2) is 6.73. The summed E-state index contributed by atoms with van der Waals surface area (Å²) in [6.07, 6.45) is 1.42. The minimum Gasteiger partial charge on any atom is -0.354 e. The Morgan fingerprint density at radius 3 is 2.60 bits per heavy atom. The zero-order valence-corrected chi connectivity index (χ0v) is 15.3.